The molecule has 3 aliphatic rings. The van der Waals surface area contributed by atoms with E-state index in [2.05, 4.69) is 34.6 Å². The summed E-state index contributed by atoms with van der Waals surface area (Å²) in [7, 11) is 0. The van der Waals surface area contributed by atoms with Crippen molar-refractivity contribution in [3.05, 3.63) is 65.7 Å². The van der Waals surface area contributed by atoms with Crippen molar-refractivity contribution in [3.8, 4) is 0 Å². The highest BCUT2D eigenvalue weighted by Crippen LogP contribution is 2.45. The number of alkyl halides is 3. The van der Waals surface area contributed by atoms with Gasteiger partial charge in [-0.1, -0.05) is 31.2 Å². The van der Waals surface area contributed by atoms with Crippen LogP contribution in [0.25, 0.3) is 11.0 Å². The van der Waals surface area contributed by atoms with Gasteiger partial charge >= 0.3 is 12.1 Å². The van der Waals surface area contributed by atoms with Crippen LogP contribution in [0.1, 0.15) is 75.7 Å². The summed E-state index contributed by atoms with van der Waals surface area (Å²) >= 11 is 0. The highest BCUT2D eigenvalue weighted by Gasteiger charge is 2.45. The zero-order valence-corrected chi connectivity index (χ0v) is 25.8. The summed E-state index contributed by atoms with van der Waals surface area (Å²) in [5.74, 6) is -1.88. The molecule has 0 aliphatic carbocycles. The van der Waals surface area contributed by atoms with Crippen LogP contribution in [0.3, 0.4) is 0 Å². The average Bonchev–Trinajstić information content (AvgIpc) is 3.48. The number of nitrogens with one attached hydrogen (secondary N) is 1. The second-order valence-electron chi connectivity index (χ2n) is 13.1. The third kappa shape index (κ3) is 6.20. The van der Waals surface area contributed by atoms with Crippen LogP contribution in [-0.2, 0) is 15.0 Å². The summed E-state index contributed by atoms with van der Waals surface area (Å²) in [4.78, 5) is 33.7. The lowest BCUT2D eigenvalue weighted by Gasteiger charge is -2.46. The highest BCUT2D eigenvalue weighted by atomic mass is 19.4. The number of hydrogen-bond donors (Lipinski definition) is 1. The van der Waals surface area contributed by atoms with Crippen molar-refractivity contribution in [2.75, 3.05) is 19.6 Å². The number of hydrogen-bond acceptors (Lipinski definition) is 4. The number of benzene rings is 2. The Morgan fingerprint density at radius 3 is 2.36 bits per heavy atom. The van der Waals surface area contributed by atoms with Gasteiger partial charge in [-0.15, -0.1) is 0 Å². The lowest BCUT2D eigenvalue weighted by atomic mass is 9.70. The van der Waals surface area contributed by atoms with Crippen LogP contribution in [0.5, 0.6) is 0 Å². The number of rotatable bonds is 8. The average molecular weight is 628 g/mol. The molecule has 3 aliphatic heterocycles. The summed E-state index contributed by atoms with van der Waals surface area (Å²) in [6.07, 6.45) is 1.32. The quantitative estimate of drug-likeness (QED) is 0.309. The van der Waals surface area contributed by atoms with Crippen molar-refractivity contribution in [2.24, 2.45) is 0 Å². The van der Waals surface area contributed by atoms with E-state index in [9.17, 15) is 27.2 Å². The molecule has 2 aromatic carbocycles. The topological polar surface area (TPSA) is 70.5 Å². The molecule has 1 N–H and O–H groups in total. The number of carbonyl (C=O) groups is 2. The molecule has 11 heteroatoms. The number of amides is 2. The van der Waals surface area contributed by atoms with Gasteiger partial charge < -0.3 is 14.8 Å². The molecule has 1 aromatic heterocycles. The predicted octanol–water partition coefficient (Wildman–Crippen LogP) is 6.06. The number of fused-ring (bicyclic) bond motifs is 3. The standard InChI is InChI=1S/C34H41F4N5O2/c1-3-28(40-32(45)34(36,37)38)31(44)41-16-13-33(14-17-41,23-7-6-8-24(35)19-23)15-18-42-25-11-12-26(42)21-27(20-25)43-22(2)39-29-9-4-5-10-30(29)43/h4-10,19,25-28H,3,11-18,20-21H2,1-2H3,(H,40,45). The van der Waals surface area contributed by atoms with Crippen molar-refractivity contribution in [1.29, 1.82) is 0 Å². The highest BCUT2D eigenvalue weighted by molar-refractivity contribution is 5.89. The van der Waals surface area contributed by atoms with Crippen LogP contribution in [0.15, 0.2) is 48.5 Å². The maximum absolute atomic E-state index is 14.5. The molecule has 3 atom stereocenters. The molecule has 6 rings (SSSR count). The third-order valence-electron chi connectivity index (χ3n) is 10.6. The normalized spacial score (nSPS) is 24.1. The molecule has 2 amide bonds. The first-order valence-electron chi connectivity index (χ1n) is 16.1. The molecule has 3 unspecified atom stereocenters. The molecule has 0 saturated carbocycles. The second-order valence-corrected chi connectivity index (χ2v) is 13.1. The van der Waals surface area contributed by atoms with Crippen molar-refractivity contribution in [2.45, 2.75) is 101 Å². The van der Waals surface area contributed by atoms with E-state index < -0.39 is 24.0 Å². The molecule has 2 bridgehead atoms. The minimum Gasteiger partial charge on any atom is -0.341 e. The van der Waals surface area contributed by atoms with E-state index >= 15 is 0 Å². The van der Waals surface area contributed by atoms with Crippen molar-refractivity contribution >= 4 is 22.8 Å². The number of carbonyl (C=O) groups excluding carboxylic acids is 2. The predicted molar refractivity (Wildman–Crippen MR) is 163 cm³/mol. The molecule has 45 heavy (non-hydrogen) atoms. The van der Waals surface area contributed by atoms with E-state index in [1.54, 1.807) is 24.0 Å². The number of likely N-dealkylation sites (tertiary alicyclic amines) is 1. The molecule has 7 nitrogen and oxygen atoms in total. The lowest BCUT2D eigenvalue weighted by Crippen LogP contribution is -2.55. The largest absolute Gasteiger partial charge is 0.471 e. The summed E-state index contributed by atoms with van der Waals surface area (Å²) in [5, 5.41) is 1.86. The first kappa shape index (κ1) is 31.5. The van der Waals surface area contributed by atoms with Crippen LogP contribution < -0.4 is 5.32 Å². The van der Waals surface area contributed by atoms with Gasteiger partial charge in [0.15, 0.2) is 0 Å². The Hall–Kier alpha value is -3.47. The van der Waals surface area contributed by atoms with Gasteiger partial charge in [-0.05, 0) is 100 Å². The zero-order chi connectivity index (χ0) is 31.9. The lowest BCUT2D eigenvalue weighted by molar-refractivity contribution is -0.175. The minimum absolute atomic E-state index is 0.0549. The minimum atomic E-state index is -5.05. The molecular weight excluding hydrogens is 586 g/mol. The van der Waals surface area contributed by atoms with Gasteiger partial charge in [0.1, 0.15) is 17.7 Å². The van der Waals surface area contributed by atoms with Gasteiger partial charge in [-0.25, -0.2) is 9.37 Å². The van der Waals surface area contributed by atoms with Crippen molar-refractivity contribution < 1.29 is 27.2 Å². The Morgan fingerprint density at radius 2 is 1.71 bits per heavy atom. The first-order valence-corrected chi connectivity index (χ1v) is 16.1. The fourth-order valence-electron chi connectivity index (χ4n) is 8.25. The molecule has 242 valence electrons. The fraction of sp³-hybridized carbons (Fsp3) is 0.559. The monoisotopic (exact) mass is 627 g/mol. The van der Waals surface area contributed by atoms with Crippen molar-refractivity contribution in [3.63, 3.8) is 0 Å². The van der Waals surface area contributed by atoms with Crippen LogP contribution in [0.4, 0.5) is 17.6 Å². The number of para-hydroxylation sites is 2. The van der Waals surface area contributed by atoms with Crippen LogP contribution in [-0.4, -0.2) is 75.1 Å². The molecule has 3 fully saturated rings. The van der Waals surface area contributed by atoms with Crippen LogP contribution >= 0.6 is 0 Å². The van der Waals surface area contributed by atoms with Crippen LogP contribution in [0, 0.1) is 12.7 Å². The molecule has 3 saturated heterocycles. The summed E-state index contributed by atoms with van der Waals surface area (Å²) in [5.41, 5.74) is 2.74. The zero-order valence-electron chi connectivity index (χ0n) is 25.8. The molecule has 4 heterocycles. The van der Waals surface area contributed by atoms with Crippen LogP contribution in [0.2, 0.25) is 0 Å². The molecule has 3 aromatic rings. The Labute approximate surface area is 261 Å². The summed E-state index contributed by atoms with van der Waals surface area (Å²) < 4.78 is 55.5. The van der Waals surface area contributed by atoms with E-state index in [1.165, 1.54) is 11.6 Å². The first-order chi connectivity index (χ1) is 21.5. The maximum Gasteiger partial charge on any atom is 0.471 e. The van der Waals surface area contributed by atoms with Gasteiger partial charge in [0.25, 0.3) is 0 Å². The van der Waals surface area contributed by atoms with Crippen molar-refractivity contribution in [1.82, 2.24) is 24.7 Å². The Kier molecular flexibility index (Phi) is 8.67. The van der Waals surface area contributed by atoms with E-state index in [0.29, 0.717) is 44.1 Å². The molecule has 0 radical (unpaired) electrons. The van der Waals surface area contributed by atoms with Gasteiger partial charge in [0, 0.05) is 31.2 Å². The summed E-state index contributed by atoms with van der Waals surface area (Å²) in [6.45, 7) is 5.18. The van der Waals surface area contributed by atoms with Gasteiger partial charge in [-0.2, -0.15) is 13.2 Å². The number of halogens is 4. The fourth-order valence-corrected chi connectivity index (χ4v) is 8.25. The molecule has 0 spiro atoms. The number of piperidine rings is 2. The Balaban J connectivity index is 1.15. The van der Waals surface area contributed by atoms with E-state index in [-0.39, 0.29) is 17.7 Å². The Morgan fingerprint density at radius 1 is 1.02 bits per heavy atom. The summed E-state index contributed by atoms with van der Waals surface area (Å²) in [6, 6.07) is 15.0. The van der Waals surface area contributed by atoms with E-state index in [1.807, 2.05) is 17.4 Å². The Bertz CT molecular complexity index is 1530. The van der Waals surface area contributed by atoms with Gasteiger partial charge in [0.05, 0.1) is 11.0 Å². The third-order valence-corrected chi connectivity index (χ3v) is 10.6. The van der Waals surface area contributed by atoms with E-state index in [4.69, 9.17) is 4.98 Å². The number of aromatic nitrogens is 2. The number of imidazole rings is 1. The smallest absolute Gasteiger partial charge is 0.341 e. The molecular formula is C34H41F4N5O2. The van der Waals surface area contributed by atoms with E-state index in [0.717, 1.165) is 55.6 Å². The van der Waals surface area contributed by atoms with Gasteiger partial charge in [-0.3, -0.25) is 14.5 Å². The SMILES string of the molecule is CCC(NC(=O)C(F)(F)F)C(=O)N1CCC(CCN2C3CCC2CC(n2c(C)nc4ccccc42)C3)(c2cccc(F)c2)CC1. The maximum atomic E-state index is 14.5. The number of nitrogens with zero attached hydrogens (tertiary/aromatic N) is 4. The van der Waals surface area contributed by atoms with Gasteiger partial charge in [0.2, 0.25) is 5.91 Å². The number of aryl methyl sites for hydroxylation is 1. The second kappa shape index (κ2) is 12.4.